The zero-order valence-corrected chi connectivity index (χ0v) is 20.6. The van der Waals surface area contributed by atoms with Crippen LogP contribution in [0.3, 0.4) is 0 Å². The molecule has 0 N–H and O–H groups in total. The van der Waals surface area contributed by atoms with E-state index in [1.807, 2.05) is 6.20 Å². The van der Waals surface area contributed by atoms with Crippen LogP contribution in [0.25, 0.3) is 10.9 Å². The lowest BCUT2D eigenvalue weighted by molar-refractivity contribution is 0.0589. The second kappa shape index (κ2) is 9.24. The Hall–Kier alpha value is -2.15. The van der Waals surface area contributed by atoms with Gasteiger partial charge in [-0.3, -0.25) is 14.8 Å². The van der Waals surface area contributed by atoms with Crippen molar-refractivity contribution in [2.75, 3.05) is 37.8 Å². The number of ether oxygens (including phenoxy) is 1. The molecule has 0 bridgehead atoms. The van der Waals surface area contributed by atoms with Gasteiger partial charge in [0.2, 0.25) is 0 Å². The highest BCUT2D eigenvalue weighted by atomic mass is 79.9. The molecule has 1 aromatic heterocycles. The molecule has 172 valence electrons. The molecule has 3 aromatic rings. The van der Waals surface area contributed by atoms with Gasteiger partial charge in [-0.1, -0.05) is 34.8 Å². The van der Waals surface area contributed by atoms with Crippen molar-refractivity contribution < 1.29 is 4.74 Å². The number of anilines is 1. The Morgan fingerprint density at radius 1 is 1.00 bits per heavy atom. The van der Waals surface area contributed by atoms with Gasteiger partial charge in [0.25, 0.3) is 0 Å². The van der Waals surface area contributed by atoms with Crippen molar-refractivity contribution in [2.45, 2.75) is 44.8 Å². The lowest BCUT2D eigenvalue weighted by atomic mass is 10.0. The average molecular weight is 507 g/mol. The van der Waals surface area contributed by atoms with Gasteiger partial charge >= 0.3 is 0 Å². The van der Waals surface area contributed by atoms with Gasteiger partial charge in [0.1, 0.15) is 12.2 Å². The molecule has 0 atom stereocenters. The first-order chi connectivity index (χ1) is 16.2. The number of aromatic nitrogens is 1. The number of rotatable bonds is 4. The van der Waals surface area contributed by atoms with Crippen molar-refractivity contribution >= 4 is 32.5 Å². The van der Waals surface area contributed by atoms with E-state index in [0.717, 1.165) is 55.0 Å². The Bertz CT molecular complexity index is 1120. The van der Waals surface area contributed by atoms with E-state index >= 15 is 0 Å². The van der Waals surface area contributed by atoms with Gasteiger partial charge < -0.3 is 9.64 Å². The number of fused-ring (bicyclic) bond motifs is 3. The fourth-order valence-corrected chi connectivity index (χ4v) is 6.00. The van der Waals surface area contributed by atoms with E-state index < -0.39 is 0 Å². The van der Waals surface area contributed by atoms with Crippen LogP contribution in [0.1, 0.15) is 36.8 Å². The quantitative estimate of drug-likeness (QED) is 0.471. The van der Waals surface area contributed by atoms with Gasteiger partial charge in [0.05, 0.1) is 0 Å². The summed E-state index contributed by atoms with van der Waals surface area (Å²) in [4.78, 5) is 12.4. The van der Waals surface area contributed by atoms with E-state index in [9.17, 15) is 0 Å². The topological polar surface area (TPSA) is 31.8 Å². The Balaban J connectivity index is 1.21. The van der Waals surface area contributed by atoms with Crippen LogP contribution in [-0.2, 0) is 13.1 Å². The van der Waals surface area contributed by atoms with Crippen molar-refractivity contribution in [2.24, 2.45) is 0 Å². The van der Waals surface area contributed by atoms with E-state index in [-0.39, 0.29) is 0 Å². The number of hydrogen-bond acceptors (Lipinski definition) is 5. The molecule has 1 saturated heterocycles. The fraction of sp³-hybridized carbons (Fsp3) is 0.444. The van der Waals surface area contributed by atoms with Crippen molar-refractivity contribution in [1.82, 2.24) is 14.8 Å². The van der Waals surface area contributed by atoms with E-state index in [2.05, 4.69) is 73.1 Å². The maximum Gasteiger partial charge on any atom is 0.152 e. The second-order valence-electron chi connectivity index (χ2n) is 9.62. The van der Waals surface area contributed by atoms with Crippen molar-refractivity contribution in [3.05, 3.63) is 64.3 Å². The summed E-state index contributed by atoms with van der Waals surface area (Å²) in [7, 11) is 0. The van der Waals surface area contributed by atoms with Crippen LogP contribution in [0.4, 0.5) is 5.69 Å². The minimum atomic E-state index is 0.674. The lowest BCUT2D eigenvalue weighted by Crippen LogP contribution is -2.46. The first kappa shape index (κ1) is 21.4. The van der Waals surface area contributed by atoms with E-state index in [1.54, 1.807) is 0 Å². The minimum Gasteiger partial charge on any atom is -0.475 e. The number of hydrogen-bond donors (Lipinski definition) is 0. The third-order valence-electron chi connectivity index (χ3n) is 7.56. The summed E-state index contributed by atoms with van der Waals surface area (Å²) >= 11 is 3.54. The molecule has 3 aliphatic rings. The number of halogens is 1. The molecule has 2 aromatic carbocycles. The van der Waals surface area contributed by atoms with Crippen LogP contribution in [0, 0.1) is 0 Å². The molecule has 6 heteroatoms. The lowest BCUT2D eigenvalue weighted by Gasteiger charge is -2.37. The molecular formula is C27H31BrN4O. The average Bonchev–Trinajstić information content (AvgIpc) is 3.40. The van der Waals surface area contributed by atoms with E-state index in [4.69, 9.17) is 9.72 Å². The number of piperazine rings is 1. The van der Waals surface area contributed by atoms with Crippen LogP contribution in [0.2, 0.25) is 0 Å². The van der Waals surface area contributed by atoms with Crippen LogP contribution in [0.15, 0.2) is 53.1 Å². The predicted octanol–water partition coefficient (Wildman–Crippen LogP) is 5.41. The highest BCUT2D eigenvalue weighted by molar-refractivity contribution is 9.10. The predicted molar refractivity (Wildman–Crippen MR) is 137 cm³/mol. The first-order valence-corrected chi connectivity index (χ1v) is 13.0. The first-order valence-electron chi connectivity index (χ1n) is 12.2. The van der Waals surface area contributed by atoms with Crippen LogP contribution in [0.5, 0.6) is 5.75 Å². The summed E-state index contributed by atoms with van der Waals surface area (Å²) in [6.45, 7) is 6.90. The van der Waals surface area contributed by atoms with Gasteiger partial charge in [-0.2, -0.15) is 0 Å². The molecule has 0 spiro atoms. The molecule has 3 heterocycles. The summed E-state index contributed by atoms with van der Waals surface area (Å²) in [6.07, 6.45) is 7.21. The third-order valence-corrected chi connectivity index (χ3v) is 8.08. The molecule has 0 unspecified atom stereocenters. The Morgan fingerprint density at radius 3 is 2.58 bits per heavy atom. The molecule has 2 aliphatic heterocycles. The van der Waals surface area contributed by atoms with Crippen molar-refractivity contribution in [3.8, 4) is 5.75 Å². The molecule has 1 aliphatic carbocycles. The number of nitrogens with zero attached hydrogens (tertiary/aromatic N) is 4. The molecule has 0 amide bonds. The summed E-state index contributed by atoms with van der Waals surface area (Å²) in [5.74, 6) is 1.00. The summed E-state index contributed by atoms with van der Waals surface area (Å²) in [6, 6.07) is 16.0. The van der Waals surface area contributed by atoms with Gasteiger partial charge in [0, 0.05) is 72.6 Å². The maximum atomic E-state index is 6.32. The minimum absolute atomic E-state index is 0.674. The monoisotopic (exact) mass is 506 g/mol. The van der Waals surface area contributed by atoms with Crippen LogP contribution >= 0.6 is 15.9 Å². The SMILES string of the molecule is Brc1ccc(N2CCN(Cc3cc4c(c5ncccc35)OCN(C3CCCC3)C4)CC2)cc1. The zero-order chi connectivity index (χ0) is 22.2. The maximum absolute atomic E-state index is 6.32. The van der Waals surface area contributed by atoms with Crippen LogP contribution in [-0.4, -0.2) is 53.7 Å². The smallest absolute Gasteiger partial charge is 0.152 e. The van der Waals surface area contributed by atoms with Crippen LogP contribution < -0.4 is 9.64 Å². The normalized spacial score (nSPS) is 20.2. The Morgan fingerprint density at radius 2 is 1.79 bits per heavy atom. The zero-order valence-electron chi connectivity index (χ0n) is 19.0. The third kappa shape index (κ3) is 4.36. The highest BCUT2D eigenvalue weighted by Gasteiger charge is 2.29. The standard InChI is InChI=1S/C27H31BrN4O/c28-22-7-9-24(10-8-22)31-14-12-30(13-15-31)17-20-16-21-18-32(23-4-1-2-5-23)19-33-27(21)26-25(20)6-3-11-29-26/h3,6-11,16,23H,1-2,4-5,12-15,17-19H2. The van der Waals surface area contributed by atoms with Gasteiger partial charge in [-0.05, 0) is 54.8 Å². The molecule has 1 saturated carbocycles. The van der Waals surface area contributed by atoms with Gasteiger partial charge in [-0.25, -0.2) is 0 Å². The number of pyridine rings is 1. The molecule has 6 rings (SSSR count). The molecule has 5 nitrogen and oxygen atoms in total. The summed E-state index contributed by atoms with van der Waals surface area (Å²) in [5, 5.41) is 1.24. The molecule has 0 radical (unpaired) electrons. The van der Waals surface area contributed by atoms with E-state index in [0.29, 0.717) is 12.8 Å². The largest absolute Gasteiger partial charge is 0.475 e. The van der Waals surface area contributed by atoms with Crippen molar-refractivity contribution in [1.29, 1.82) is 0 Å². The molecular weight excluding hydrogens is 476 g/mol. The highest BCUT2D eigenvalue weighted by Crippen LogP contribution is 2.37. The summed E-state index contributed by atoms with van der Waals surface area (Å²) < 4.78 is 7.45. The van der Waals surface area contributed by atoms with Gasteiger partial charge in [-0.15, -0.1) is 0 Å². The fourth-order valence-electron chi connectivity index (χ4n) is 5.73. The Labute approximate surface area is 204 Å². The van der Waals surface area contributed by atoms with Gasteiger partial charge in [0.15, 0.2) is 5.75 Å². The second-order valence-corrected chi connectivity index (χ2v) is 10.5. The molecule has 2 fully saturated rings. The van der Waals surface area contributed by atoms with E-state index in [1.165, 1.54) is 47.9 Å². The summed E-state index contributed by atoms with van der Waals surface area (Å²) in [5.41, 5.74) is 5.03. The number of benzene rings is 2. The van der Waals surface area contributed by atoms with Crippen molar-refractivity contribution in [3.63, 3.8) is 0 Å². The molecule has 33 heavy (non-hydrogen) atoms. The Kier molecular flexibility index (Phi) is 5.99.